The number of nitrogens with zero attached hydrogens (tertiary/aromatic N) is 4. The highest BCUT2D eigenvalue weighted by Gasteiger charge is 2.22. The maximum absolute atomic E-state index is 12.4. The molecule has 1 saturated heterocycles. The molecule has 0 bridgehead atoms. The molecule has 2 rings (SSSR count). The molecule has 0 spiro atoms. The van der Waals surface area contributed by atoms with E-state index < -0.39 is 0 Å². The average molecular weight is 307 g/mol. The Bertz CT molecular complexity index is 503. The summed E-state index contributed by atoms with van der Waals surface area (Å²) in [6.07, 6.45) is 3.22. The predicted molar refractivity (Wildman–Crippen MR) is 80.6 cm³/mol. The molecule has 1 N–H and O–H groups in total. The highest BCUT2D eigenvalue weighted by molar-refractivity contribution is 5.92. The molecule has 1 aromatic heterocycles. The molecule has 1 fully saturated rings. The average Bonchev–Trinajstić information content (AvgIpc) is 2.58. The largest absolute Gasteiger partial charge is 0.385 e. The summed E-state index contributed by atoms with van der Waals surface area (Å²) in [5, 5.41) is 3.07. The highest BCUT2D eigenvalue weighted by atomic mass is 16.5. The fraction of sp³-hybridized carbons (Fsp3) is 0.571. The molecular weight excluding hydrogens is 286 g/mol. The maximum atomic E-state index is 12.4. The molecule has 1 aromatic rings. The van der Waals surface area contributed by atoms with Gasteiger partial charge in [-0.05, 0) is 12.5 Å². The van der Waals surface area contributed by atoms with Crippen LogP contribution >= 0.6 is 0 Å². The van der Waals surface area contributed by atoms with Crippen LogP contribution in [-0.2, 0) is 9.53 Å². The van der Waals surface area contributed by atoms with Crippen molar-refractivity contribution in [1.29, 1.82) is 0 Å². The van der Waals surface area contributed by atoms with Crippen LogP contribution in [0, 0.1) is 0 Å². The van der Waals surface area contributed by atoms with Gasteiger partial charge < -0.3 is 19.9 Å². The van der Waals surface area contributed by atoms with Gasteiger partial charge in [-0.1, -0.05) is 0 Å². The first-order chi connectivity index (χ1) is 10.7. The Kier molecular flexibility index (Phi) is 6.08. The topological polar surface area (TPSA) is 87.7 Å². The summed E-state index contributed by atoms with van der Waals surface area (Å²) in [4.78, 5) is 34.8. The van der Waals surface area contributed by atoms with Gasteiger partial charge in [0.05, 0.1) is 0 Å². The van der Waals surface area contributed by atoms with E-state index >= 15 is 0 Å². The smallest absolute Gasteiger partial charge is 0.272 e. The Morgan fingerprint density at radius 3 is 2.86 bits per heavy atom. The van der Waals surface area contributed by atoms with Gasteiger partial charge in [-0.2, -0.15) is 0 Å². The van der Waals surface area contributed by atoms with Crippen LogP contribution in [0.4, 0.5) is 5.95 Å². The lowest BCUT2D eigenvalue weighted by Crippen LogP contribution is -2.48. The van der Waals surface area contributed by atoms with Crippen molar-refractivity contribution < 1.29 is 14.3 Å². The van der Waals surface area contributed by atoms with Gasteiger partial charge in [0.15, 0.2) is 0 Å². The van der Waals surface area contributed by atoms with E-state index in [1.807, 2.05) is 0 Å². The SMILES string of the molecule is COCCCNc1nccc(C(=O)N2CCN(C=O)CC2)n1. The minimum absolute atomic E-state index is 0.132. The van der Waals surface area contributed by atoms with Crippen molar-refractivity contribution in [2.24, 2.45) is 0 Å². The van der Waals surface area contributed by atoms with Crippen LogP contribution in [0.25, 0.3) is 0 Å². The number of rotatable bonds is 7. The zero-order valence-corrected chi connectivity index (χ0v) is 12.7. The van der Waals surface area contributed by atoms with E-state index in [-0.39, 0.29) is 5.91 Å². The highest BCUT2D eigenvalue weighted by Crippen LogP contribution is 2.08. The first-order valence-corrected chi connectivity index (χ1v) is 7.29. The molecule has 0 radical (unpaired) electrons. The summed E-state index contributed by atoms with van der Waals surface area (Å²) in [6.45, 7) is 3.51. The molecule has 1 aliphatic rings. The molecule has 8 heteroatoms. The second-order valence-electron chi connectivity index (χ2n) is 4.97. The molecule has 22 heavy (non-hydrogen) atoms. The first kappa shape index (κ1) is 16.2. The quantitative estimate of drug-likeness (QED) is 0.556. The number of methoxy groups -OCH3 is 1. The number of piperazine rings is 1. The molecule has 0 unspecified atom stereocenters. The molecule has 8 nitrogen and oxygen atoms in total. The molecule has 0 aliphatic carbocycles. The maximum Gasteiger partial charge on any atom is 0.272 e. The normalized spacial score (nSPS) is 14.8. The Labute approximate surface area is 129 Å². The monoisotopic (exact) mass is 307 g/mol. The van der Waals surface area contributed by atoms with Crippen molar-refractivity contribution in [3.8, 4) is 0 Å². The Morgan fingerprint density at radius 1 is 1.41 bits per heavy atom. The van der Waals surface area contributed by atoms with Crippen LogP contribution in [0.3, 0.4) is 0 Å². The van der Waals surface area contributed by atoms with Gasteiger partial charge in [0.1, 0.15) is 5.69 Å². The van der Waals surface area contributed by atoms with Gasteiger partial charge in [0, 0.05) is 52.6 Å². The van der Waals surface area contributed by atoms with Crippen molar-refractivity contribution >= 4 is 18.3 Å². The molecule has 2 heterocycles. The number of amides is 2. The molecule has 0 atom stereocenters. The summed E-state index contributed by atoms with van der Waals surface area (Å²) in [6, 6.07) is 1.61. The van der Waals surface area contributed by atoms with Crippen molar-refractivity contribution in [2.75, 3.05) is 51.8 Å². The van der Waals surface area contributed by atoms with Crippen molar-refractivity contribution in [3.05, 3.63) is 18.0 Å². The lowest BCUT2D eigenvalue weighted by molar-refractivity contribution is -0.119. The van der Waals surface area contributed by atoms with E-state index in [2.05, 4.69) is 15.3 Å². The fourth-order valence-corrected chi connectivity index (χ4v) is 2.17. The third-order valence-corrected chi connectivity index (χ3v) is 3.43. The second kappa shape index (κ2) is 8.28. The van der Waals surface area contributed by atoms with Crippen LogP contribution < -0.4 is 5.32 Å². The van der Waals surface area contributed by atoms with Crippen LogP contribution in [0.15, 0.2) is 12.3 Å². The van der Waals surface area contributed by atoms with E-state index in [0.29, 0.717) is 51.0 Å². The third-order valence-electron chi connectivity index (χ3n) is 3.43. The fourth-order valence-electron chi connectivity index (χ4n) is 2.17. The summed E-state index contributed by atoms with van der Waals surface area (Å²) < 4.78 is 4.97. The van der Waals surface area contributed by atoms with Crippen molar-refractivity contribution in [3.63, 3.8) is 0 Å². The molecule has 2 amide bonds. The van der Waals surface area contributed by atoms with E-state index in [1.165, 1.54) is 0 Å². The summed E-state index contributed by atoms with van der Waals surface area (Å²) in [7, 11) is 1.65. The first-order valence-electron chi connectivity index (χ1n) is 7.29. The van der Waals surface area contributed by atoms with E-state index in [0.717, 1.165) is 12.8 Å². The number of hydrogen-bond donors (Lipinski definition) is 1. The van der Waals surface area contributed by atoms with Crippen LogP contribution in [0.2, 0.25) is 0 Å². The number of aromatic nitrogens is 2. The summed E-state index contributed by atoms with van der Waals surface area (Å²) in [5.41, 5.74) is 0.365. The Hall–Kier alpha value is -2.22. The zero-order chi connectivity index (χ0) is 15.8. The lowest BCUT2D eigenvalue weighted by atomic mass is 10.3. The molecule has 120 valence electrons. The Balaban J connectivity index is 1.91. The summed E-state index contributed by atoms with van der Waals surface area (Å²) >= 11 is 0. The zero-order valence-electron chi connectivity index (χ0n) is 12.7. The van der Waals surface area contributed by atoms with Crippen molar-refractivity contribution in [1.82, 2.24) is 19.8 Å². The van der Waals surface area contributed by atoms with Gasteiger partial charge in [-0.25, -0.2) is 9.97 Å². The minimum Gasteiger partial charge on any atom is -0.385 e. The Morgan fingerprint density at radius 2 is 2.18 bits per heavy atom. The van der Waals surface area contributed by atoms with E-state index in [9.17, 15) is 9.59 Å². The lowest BCUT2D eigenvalue weighted by Gasteiger charge is -2.32. The van der Waals surface area contributed by atoms with E-state index in [4.69, 9.17) is 4.74 Å². The number of nitrogens with one attached hydrogen (secondary N) is 1. The van der Waals surface area contributed by atoms with Gasteiger partial charge in [0.2, 0.25) is 12.4 Å². The number of ether oxygens (including phenoxy) is 1. The molecule has 0 saturated carbocycles. The van der Waals surface area contributed by atoms with Crippen LogP contribution in [-0.4, -0.2) is 78.5 Å². The predicted octanol–water partition coefficient (Wildman–Crippen LogP) is -0.161. The number of carbonyl (C=O) groups excluding carboxylic acids is 2. The standard InChI is InChI=1S/C14H21N5O3/c1-22-10-2-4-15-14-16-5-3-12(17-14)13(21)19-8-6-18(11-20)7-9-19/h3,5,11H,2,4,6-10H2,1H3,(H,15,16,17). The van der Waals surface area contributed by atoms with Gasteiger partial charge in [-0.3, -0.25) is 9.59 Å². The summed E-state index contributed by atoms with van der Waals surface area (Å²) in [5.74, 6) is 0.307. The number of anilines is 1. The molecule has 1 aliphatic heterocycles. The molecule has 0 aromatic carbocycles. The van der Waals surface area contributed by atoms with Gasteiger partial charge >= 0.3 is 0 Å². The van der Waals surface area contributed by atoms with E-state index in [1.54, 1.807) is 29.2 Å². The second-order valence-corrected chi connectivity index (χ2v) is 4.97. The minimum atomic E-state index is -0.132. The number of hydrogen-bond acceptors (Lipinski definition) is 6. The van der Waals surface area contributed by atoms with Crippen LogP contribution in [0.1, 0.15) is 16.9 Å². The third kappa shape index (κ3) is 4.39. The number of carbonyl (C=O) groups is 2. The van der Waals surface area contributed by atoms with Gasteiger partial charge in [-0.15, -0.1) is 0 Å². The van der Waals surface area contributed by atoms with Gasteiger partial charge in [0.25, 0.3) is 5.91 Å². The van der Waals surface area contributed by atoms with Crippen LogP contribution in [0.5, 0.6) is 0 Å². The van der Waals surface area contributed by atoms with Crippen molar-refractivity contribution in [2.45, 2.75) is 6.42 Å². The molecular formula is C14H21N5O3.